The molecule has 0 aliphatic carbocycles. The molecule has 0 aliphatic rings. The summed E-state index contributed by atoms with van der Waals surface area (Å²) in [4.78, 5) is 11.4. The van der Waals surface area contributed by atoms with E-state index in [2.05, 4.69) is 6.92 Å². The minimum atomic E-state index is -1.13. The number of carboxylic acids is 1. The number of methoxy groups -OCH3 is 2. The molecule has 37 heavy (non-hydrogen) atoms. The third-order valence-electron chi connectivity index (χ3n) is 5.16. The second-order valence-electron chi connectivity index (χ2n) is 7.89. The van der Waals surface area contributed by atoms with Gasteiger partial charge >= 0.3 is 5.97 Å². The molecular weight excluding hydrogens is 480 g/mol. The summed E-state index contributed by atoms with van der Waals surface area (Å²) in [6.45, 7) is 6.08. The standard InChI is InChI=1S/C28H38O9/c1-5-7-13-35-26-17-21(18-27(28(29)30)34-6-2)8-11-24(26)36-14-12-22-9-10-23(19-25(22)32-4)37-20-33-16-15-31-3/h8-11,17-19H,5-7,12-16,20H2,1-4H3,(H,29,30)/b27-18+. The molecule has 0 aliphatic heterocycles. The van der Waals surface area contributed by atoms with Gasteiger partial charge in [-0.05, 0) is 48.7 Å². The fraction of sp³-hybridized carbons (Fsp3) is 0.464. The Balaban J connectivity index is 2.06. The molecule has 0 amide bonds. The second-order valence-corrected chi connectivity index (χ2v) is 7.89. The van der Waals surface area contributed by atoms with Crippen molar-refractivity contribution in [3.05, 3.63) is 53.3 Å². The van der Waals surface area contributed by atoms with Crippen LogP contribution in [-0.2, 0) is 25.4 Å². The van der Waals surface area contributed by atoms with Crippen molar-refractivity contribution in [1.29, 1.82) is 0 Å². The highest BCUT2D eigenvalue weighted by molar-refractivity contribution is 5.90. The van der Waals surface area contributed by atoms with Gasteiger partial charge in [-0.25, -0.2) is 4.79 Å². The van der Waals surface area contributed by atoms with Gasteiger partial charge in [0.2, 0.25) is 5.76 Å². The molecule has 0 radical (unpaired) electrons. The van der Waals surface area contributed by atoms with Gasteiger partial charge in [0, 0.05) is 19.6 Å². The molecule has 9 nitrogen and oxygen atoms in total. The average molecular weight is 519 g/mol. The minimum absolute atomic E-state index is 0.124. The zero-order valence-corrected chi connectivity index (χ0v) is 22.1. The van der Waals surface area contributed by atoms with E-state index in [0.717, 1.165) is 18.4 Å². The van der Waals surface area contributed by atoms with Crippen LogP contribution in [0.2, 0.25) is 0 Å². The van der Waals surface area contributed by atoms with E-state index in [0.29, 0.717) is 61.4 Å². The van der Waals surface area contributed by atoms with Gasteiger partial charge in [0.05, 0.1) is 40.1 Å². The molecule has 0 spiro atoms. The summed E-state index contributed by atoms with van der Waals surface area (Å²) in [5.74, 6) is 1.20. The van der Waals surface area contributed by atoms with Gasteiger partial charge in [-0.15, -0.1) is 0 Å². The van der Waals surface area contributed by atoms with Crippen LogP contribution in [-0.4, -0.2) is 65.1 Å². The number of carbonyl (C=O) groups is 1. The summed E-state index contributed by atoms with van der Waals surface area (Å²) < 4.78 is 38.6. The summed E-state index contributed by atoms with van der Waals surface area (Å²) in [7, 11) is 3.23. The molecule has 204 valence electrons. The monoisotopic (exact) mass is 518 g/mol. The van der Waals surface area contributed by atoms with Crippen LogP contribution in [0.15, 0.2) is 42.2 Å². The molecular formula is C28H38O9. The van der Waals surface area contributed by atoms with Crippen LogP contribution in [0, 0.1) is 0 Å². The molecule has 0 heterocycles. The van der Waals surface area contributed by atoms with Gasteiger partial charge in [-0.2, -0.15) is 0 Å². The molecule has 9 heteroatoms. The number of unbranched alkanes of at least 4 members (excludes halogenated alkanes) is 1. The van der Waals surface area contributed by atoms with E-state index in [1.54, 1.807) is 39.3 Å². The molecule has 0 unspecified atom stereocenters. The van der Waals surface area contributed by atoms with E-state index < -0.39 is 5.97 Å². The summed E-state index contributed by atoms with van der Waals surface area (Å²) in [6.07, 6.45) is 3.95. The quantitative estimate of drug-likeness (QED) is 0.120. The molecule has 0 atom stereocenters. The van der Waals surface area contributed by atoms with Crippen LogP contribution in [0.3, 0.4) is 0 Å². The number of aliphatic carboxylic acids is 1. The van der Waals surface area contributed by atoms with Crippen LogP contribution in [0.5, 0.6) is 23.0 Å². The Morgan fingerprint density at radius 3 is 2.41 bits per heavy atom. The normalized spacial score (nSPS) is 11.2. The Labute approximate surface area is 218 Å². The van der Waals surface area contributed by atoms with Crippen molar-refractivity contribution >= 4 is 12.0 Å². The Bertz CT molecular complexity index is 988. The number of benzene rings is 2. The van der Waals surface area contributed by atoms with Crippen molar-refractivity contribution in [2.24, 2.45) is 0 Å². The number of hydrogen-bond donors (Lipinski definition) is 1. The summed E-state index contributed by atoms with van der Waals surface area (Å²) in [6, 6.07) is 10.9. The van der Waals surface area contributed by atoms with E-state index in [9.17, 15) is 9.90 Å². The smallest absolute Gasteiger partial charge is 0.371 e. The van der Waals surface area contributed by atoms with Crippen molar-refractivity contribution in [2.45, 2.75) is 33.1 Å². The zero-order valence-electron chi connectivity index (χ0n) is 22.1. The molecule has 0 saturated carbocycles. The van der Waals surface area contributed by atoms with E-state index in [1.165, 1.54) is 6.08 Å². The van der Waals surface area contributed by atoms with Crippen molar-refractivity contribution in [3.63, 3.8) is 0 Å². The Morgan fingerprint density at radius 2 is 1.70 bits per heavy atom. The summed E-state index contributed by atoms with van der Waals surface area (Å²) in [5.41, 5.74) is 1.61. The lowest BCUT2D eigenvalue weighted by atomic mass is 10.1. The molecule has 0 saturated heterocycles. The second kappa shape index (κ2) is 17.1. The van der Waals surface area contributed by atoms with E-state index in [1.807, 2.05) is 18.2 Å². The predicted octanol–water partition coefficient (Wildman–Crippen LogP) is 4.96. The van der Waals surface area contributed by atoms with Gasteiger partial charge in [-0.1, -0.05) is 25.5 Å². The summed E-state index contributed by atoms with van der Waals surface area (Å²) >= 11 is 0. The first-order valence-electron chi connectivity index (χ1n) is 12.4. The number of carboxylic acid groups (broad SMARTS) is 1. The van der Waals surface area contributed by atoms with Crippen molar-refractivity contribution in [2.75, 3.05) is 54.0 Å². The van der Waals surface area contributed by atoms with Crippen LogP contribution in [0.4, 0.5) is 0 Å². The molecule has 1 N–H and O–H groups in total. The Hall–Kier alpha value is -3.43. The van der Waals surface area contributed by atoms with Crippen LogP contribution in [0.25, 0.3) is 6.08 Å². The van der Waals surface area contributed by atoms with Crippen LogP contribution in [0.1, 0.15) is 37.8 Å². The topological polar surface area (TPSA) is 102 Å². The highest BCUT2D eigenvalue weighted by Crippen LogP contribution is 2.31. The summed E-state index contributed by atoms with van der Waals surface area (Å²) in [5, 5.41) is 9.34. The first-order chi connectivity index (χ1) is 18.0. The Kier molecular flexibility index (Phi) is 13.8. The van der Waals surface area contributed by atoms with Crippen molar-refractivity contribution < 1.29 is 43.1 Å². The number of rotatable bonds is 19. The highest BCUT2D eigenvalue weighted by atomic mass is 16.7. The van der Waals surface area contributed by atoms with E-state index >= 15 is 0 Å². The molecule has 2 rings (SSSR count). The van der Waals surface area contributed by atoms with Gasteiger partial charge in [0.15, 0.2) is 18.3 Å². The zero-order chi connectivity index (χ0) is 26.9. The fourth-order valence-corrected chi connectivity index (χ4v) is 3.25. The van der Waals surface area contributed by atoms with Crippen LogP contribution >= 0.6 is 0 Å². The Morgan fingerprint density at radius 1 is 0.892 bits per heavy atom. The SMILES string of the molecule is CCCCOc1cc(/C=C(/OCC)C(=O)O)ccc1OCCc1ccc(OCOCCOC)cc1OC. The van der Waals surface area contributed by atoms with Gasteiger partial charge in [0.25, 0.3) is 0 Å². The lowest BCUT2D eigenvalue weighted by molar-refractivity contribution is -0.136. The molecule has 0 fully saturated rings. The molecule has 0 aromatic heterocycles. The predicted molar refractivity (Wildman–Crippen MR) is 140 cm³/mol. The maximum absolute atomic E-state index is 11.4. The number of hydrogen-bond acceptors (Lipinski definition) is 8. The maximum atomic E-state index is 11.4. The van der Waals surface area contributed by atoms with Gasteiger partial charge < -0.3 is 38.3 Å². The molecule has 2 aromatic carbocycles. The number of ether oxygens (including phenoxy) is 7. The average Bonchev–Trinajstić information content (AvgIpc) is 2.90. The van der Waals surface area contributed by atoms with Crippen molar-refractivity contribution in [1.82, 2.24) is 0 Å². The largest absolute Gasteiger partial charge is 0.496 e. The third-order valence-corrected chi connectivity index (χ3v) is 5.16. The van der Waals surface area contributed by atoms with E-state index in [4.69, 9.17) is 33.2 Å². The van der Waals surface area contributed by atoms with Gasteiger partial charge in [0.1, 0.15) is 11.5 Å². The van der Waals surface area contributed by atoms with Crippen LogP contribution < -0.4 is 18.9 Å². The first kappa shape index (κ1) is 29.8. The highest BCUT2D eigenvalue weighted by Gasteiger charge is 2.12. The lowest BCUT2D eigenvalue weighted by Gasteiger charge is -2.15. The molecule has 2 aromatic rings. The van der Waals surface area contributed by atoms with Crippen molar-refractivity contribution in [3.8, 4) is 23.0 Å². The lowest BCUT2D eigenvalue weighted by Crippen LogP contribution is -2.08. The minimum Gasteiger partial charge on any atom is -0.496 e. The maximum Gasteiger partial charge on any atom is 0.371 e. The first-order valence-corrected chi connectivity index (χ1v) is 12.4. The third kappa shape index (κ3) is 10.6. The molecule has 0 bridgehead atoms. The van der Waals surface area contributed by atoms with Gasteiger partial charge in [-0.3, -0.25) is 0 Å². The van der Waals surface area contributed by atoms with E-state index in [-0.39, 0.29) is 19.2 Å². The fourth-order valence-electron chi connectivity index (χ4n) is 3.25.